The van der Waals surface area contributed by atoms with Crippen LogP contribution in [0, 0.1) is 0 Å². The maximum absolute atomic E-state index is 12.2. The number of aromatic nitrogens is 1. The van der Waals surface area contributed by atoms with E-state index >= 15 is 0 Å². The molecule has 3 N–H and O–H groups in total. The van der Waals surface area contributed by atoms with E-state index in [1.54, 1.807) is 24.4 Å². The van der Waals surface area contributed by atoms with Crippen molar-refractivity contribution in [3.63, 3.8) is 0 Å². The maximum Gasteiger partial charge on any atom is 0.255 e. The minimum atomic E-state index is -0.193. The topological polar surface area (TPSA) is 74.0 Å². The molecular formula is C15H16ClN3O2. The summed E-state index contributed by atoms with van der Waals surface area (Å²) in [5.74, 6) is -0.0826. The fourth-order valence-corrected chi connectivity index (χ4v) is 2.81. The Hall–Kier alpha value is -1.85. The van der Waals surface area contributed by atoms with Crippen LogP contribution in [0.4, 0.5) is 5.69 Å². The number of anilines is 1. The number of halogens is 1. The molecule has 110 valence electrons. The van der Waals surface area contributed by atoms with Crippen LogP contribution in [0.3, 0.4) is 0 Å². The van der Waals surface area contributed by atoms with E-state index < -0.39 is 0 Å². The highest BCUT2D eigenvalue weighted by Crippen LogP contribution is 2.26. The first-order chi connectivity index (χ1) is 10.1. The van der Waals surface area contributed by atoms with Crippen molar-refractivity contribution in [3.05, 3.63) is 39.8 Å². The summed E-state index contributed by atoms with van der Waals surface area (Å²) in [5.41, 5.74) is 0.341. The summed E-state index contributed by atoms with van der Waals surface area (Å²) in [6, 6.07) is 4.92. The molecule has 1 atom stereocenters. The Balaban J connectivity index is 1.88. The minimum Gasteiger partial charge on any atom is -0.329 e. The van der Waals surface area contributed by atoms with Gasteiger partial charge in [0.2, 0.25) is 5.91 Å². The minimum absolute atomic E-state index is 0.0826. The smallest absolute Gasteiger partial charge is 0.255 e. The van der Waals surface area contributed by atoms with Gasteiger partial charge in [-0.15, -0.1) is 0 Å². The van der Waals surface area contributed by atoms with Crippen molar-refractivity contribution >= 4 is 34.0 Å². The Labute approximate surface area is 126 Å². The highest BCUT2D eigenvalue weighted by atomic mass is 35.5. The van der Waals surface area contributed by atoms with Crippen molar-refractivity contribution in [1.29, 1.82) is 0 Å². The first kappa shape index (κ1) is 14.1. The molecule has 1 aromatic carbocycles. The number of H-pyrrole nitrogens is 1. The number of benzene rings is 1. The van der Waals surface area contributed by atoms with Gasteiger partial charge in [-0.05, 0) is 43.0 Å². The summed E-state index contributed by atoms with van der Waals surface area (Å²) in [6.07, 6.45) is 4.55. The highest BCUT2D eigenvalue weighted by Gasteiger charge is 2.21. The Morgan fingerprint density at radius 1 is 1.33 bits per heavy atom. The second-order valence-electron chi connectivity index (χ2n) is 5.22. The van der Waals surface area contributed by atoms with Crippen LogP contribution in [0.1, 0.15) is 19.3 Å². The van der Waals surface area contributed by atoms with E-state index in [1.807, 2.05) is 0 Å². The summed E-state index contributed by atoms with van der Waals surface area (Å²) in [5, 5.41) is 7.66. The van der Waals surface area contributed by atoms with Crippen molar-refractivity contribution < 1.29 is 4.79 Å². The zero-order valence-corrected chi connectivity index (χ0v) is 12.2. The van der Waals surface area contributed by atoms with Crippen molar-refractivity contribution in [2.45, 2.75) is 25.3 Å². The fourth-order valence-electron chi connectivity index (χ4n) is 2.60. The number of hydrogen-bond donors (Lipinski definition) is 3. The van der Waals surface area contributed by atoms with E-state index in [2.05, 4.69) is 15.6 Å². The van der Waals surface area contributed by atoms with Gasteiger partial charge in [0, 0.05) is 11.6 Å². The van der Waals surface area contributed by atoms with E-state index in [1.165, 1.54) is 0 Å². The van der Waals surface area contributed by atoms with E-state index in [0.717, 1.165) is 31.2 Å². The van der Waals surface area contributed by atoms with E-state index in [4.69, 9.17) is 11.6 Å². The average molecular weight is 306 g/mol. The van der Waals surface area contributed by atoms with Crippen LogP contribution in [-0.4, -0.2) is 23.5 Å². The second kappa shape index (κ2) is 5.87. The Kier molecular flexibility index (Phi) is 3.94. The molecule has 1 aliphatic heterocycles. The van der Waals surface area contributed by atoms with Crippen LogP contribution in [0.15, 0.2) is 29.2 Å². The number of piperidine rings is 1. The van der Waals surface area contributed by atoms with Gasteiger partial charge in [-0.1, -0.05) is 18.0 Å². The van der Waals surface area contributed by atoms with Crippen LogP contribution in [-0.2, 0) is 4.79 Å². The van der Waals surface area contributed by atoms with Gasteiger partial charge in [-0.25, -0.2) is 0 Å². The van der Waals surface area contributed by atoms with Gasteiger partial charge in [0.05, 0.1) is 16.8 Å². The van der Waals surface area contributed by atoms with E-state index in [0.29, 0.717) is 16.1 Å². The second-order valence-corrected chi connectivity index (χ2v) is 5.63. The van der Waals surface area contributed by atoms with E-state index in [-0.39, 0.29) is 17.5 Å². The van der Waals surface area contributed by atoms with Crippen molar-refractivity contribution in [1.82, 2.24) is 10.3 Å². The van der Waals surface area contributed by atoms with Crippen LogP contribution >= 0.6 is 11.6 Å². The lowest BCUT2D eigenvalue weighted by Crippen LogP contribution is -2.43. The number of hydrogen-bond acceptors (Lipinski definition) is 3. The van der Waals surface area contributed by atoms with Gasteiger partial charge in [-0.2, -0.15) is 0 Å². The molecule has 0 radical (unpaired) electrons. The number of rotatable bonds is 2. The average Bonchev–Trinajstić information content (AvgIpc) is 2.50. The van der Waals surface area contributed by atoms with Gasteiger partial charge in [0.1, 0.15) is 0 Å². The summed E-state index contributed by atoms with van der Waals surface area (Å²) in [4.78, 5) is 26.5. The lowest BCUT2D eigenvalue weighted by atomic mass is 10.0. The van der Waals surface area contributed by atoms with Crippen molar-refractivity contribution in [3.8, 4) is 0 Å². The zero-order valence-electron chi connectivity index (χ0n) is 11.4. The first-order valence-electron chi connectivity index (χ1n) is 7.00. The molecule has 0 bridgehead atoms. The molecule has 0 spiro atoms. The summed E-state index contributed by atoms with van der Waals surface area (Å²) >= 11 is 6.17. The molecular weight excluding hydrogens is 290 g/mol. The summed E-state index contributed by atoms with van der Waals surface area (Å²) in [7, 11) is 0. The normalized spacial score (nSPS) is 18.6. The molecule has 5 nitrogen and oxygen atoms in total. The Morgan fingerprint density at radius 3 is 2.95 bits per heavy atom. The molecule has 2 aromatic rings. The van der Waals surface area contributed by atoms with Crippen LogP contribution < -0.4 is 16.2 Å². The van der Waals surface area contributed by atoms with Crippen LogP contribution in [0.25, 0.3) is 10.8 Å². The molecule has 0 aliphatic carbocycles. The number of aromatic amines is 1. The molecule has 2 heterocycles. The SMILES string of the molecule is O=C(Nc1cc2cc[nH]c(=O)c2cc1Cl)[C@@H]1CCCCN1. The predicted octanol–water partition coefficient (Wildman–Crippen LogP) is 2.26. The van der Waals surface area contributed by atoms with Crippen LogP contribution in [0.2, 0.25) is 5.02 Å². The first-order valence-corrected chi connectivity index (χ1v) is 7.38. The standard InChI is InChI=1S/C15H16ClN3O2/c16-11-8-10-9(4-6-18-14(10)20)7-13(11)19-15(21)12-3-1-2-5-17-12/h4,6-8,12,17H,1-3,5H2,(H,18,20)(H,19,21)/t12-/m0/s1. The highest BCUT2D eigenvalue weighted by molar-refractivity contribution is 6.34. The number of nitrogens with one attached hydrogen (secondary N) is 3. The fraction of sp³-hybridized carbons (Fsp3) is 0.333. The van der Waals surface area contributed by atoms with Gasteiger partial charge < -0.3 is 15.6 Å². The van der Waals surface area contributed by atoms with E-state index in [9.17, 15) is 9.59 Å². The number of amides is 1. The third kappa shape index (κ3) is 2.94. The monoisotopic (exact) mass is 305 g/mol. The predicted molar refractivity (Wildman–Crippen MR) is 83.9 cm³/mol. The van der Waals surface area contributed by atoms with Crippen molar-refractivity contribution in [2.24, 2.45) is 0 Å². The summed E-state index contributed by atoms with van der Waals surface area (Å²) in [6.45, 7) is 0.860. The number of carbonyl (C=O) groups excluding carboxylic acids is 1. The molecule has 1 amide bonds. The third-order valence-corrected chi connectivity index (χ3v) is 4.06. The lowest BCUT2D eigenvalue weighted by molar-refractivity contribution is -0.118. The third-order valence-electron chi connectivity index (χ3n) is 3.75. The maximum atomic E-state index is 12.2. The van der Waals surface area contributed by atoms with Crippen molar-refractivity contribution in [2.75, 3.05) is 11.9 Å². The number of fused-ring (bicyclic) bond motifs is 1. The molecule has 6 heteroatoms. The van der Waals surface area contributed by atoms with Gasteiger partial charge in [0.25, 0.3) is 5.56 Å². The number of carbonyl (C=O) groups is 1. The zero-order chi connectivity index (χ0) is 14.8. The molecule has 1 aliphatic rings. The number of pyridine rings is 1. The Bertz CT molecular complexity index is 735. The molecule has 1 aromatic heterocycles. The molecule has 1 fully saturated rings. The van der Waals surface area contributed by atoms with Gasteiger partial charge in [0.15, 0.2) is 0 Å². The molecule has 0 saturated carbocycles. The quantitative estimate of drug-likeness (QED) is 0.797. The van der Waals surface area contributed by atoms with Gasteiger partial charge in [-0.3, -0.25) is 9.59 Å². The Morgan fingerprint density at radius 2 is 2.19 bits per heavy atom. The molecule has 21 heavy (non-hydrogen) atoms. The lowest BCUT2D eigenvalue weighted by Gasteiger charge is -2.22. The molecule has 1 saturated heterocycles. The molecule has 0 unspecified atom stereocenters. The largest absolute Gasteiger partial charge is 0.329 e. The van der Waals surface area contributed by atoms with Crippen LogP contribution in [0.5, 0.6) is 0 Å². The summed E-state index contributed by atoms with van der Waals surface area (Å²) < 4.78 is 0. The van der Waals surface area contributed by atoms with Gasteiger partial charge >= 0.3 is 0 Å². The molecule has 3 rings (SSSR count).